The molecule has 106 valence electrons. The van der Waals surface area contributed by atoms with Crippen LogP contribution in [0.4, 0.5) is 0 Å². The van der Waals surface area contributed by atoms with Crippen molar-refractivity contribution < 1.29 is 9.59 Å². The lowest BCUT2D eigenvalue weighted by Gasteiger charge is -2.12. The van der Waals surface area contributed by atoms with E-state index in [2.05, 4.69) is 15.9 Å². The van der Waals surface area contributed by atoms with E-state index in [0.717, 1.165) is 22.9 Å². The molecule has 1 aromatic carbocycles. The Kier molecular flexibility index (Phi) is 4.43. The summed E-state index contributed by atoms with van der Waals surface area (Å²) in [6.45, 7) is 1.88. The summed E-state index contributed by atoms with van der Waals surface area (Å²) in [5.74, 6) is -0.160. The van der Waals surface area contributed by atoms with Gasteiger partial charge < -0.3 is 4.90 Å². The molecule has 0 saturated heterocycles. The Hall–Kier alpha value is -1.42. The summed E-state index contributed by atoms with van der Waals surface area (Å²) in [7, 11) is 3.64. The van der Waals surface area contributed by atoms with Crippen molar-refractivity contribution in [2.24, 2.45) is 5.92 Å². The largest absolute Gasteiger partial charge is 0.383 e. The number of carbonyl (C=O) groups excluding carboxylic acids is 2. The number of aryl methyl sites for hydroxylation is 1. The highest BCUT2D eigenvalue weighted by Gasteiger charge is 2.35. The van der Waals surface area contributed by atoms with Crippen LogP contribution in [0.5, 0.6) is 0 Å². The lowest BCUT2D eigenvalue weighted by molar-refractivity contribution is -0.116. The Balaban J connectivity index is 2.37. The summed E-state index contributed by atoms with van der Waals surface area (Å²) < 4.78 is 0.929. The third-order valence-corrected chi connectivity index (χ3v) is 3.77. The van der Waals surface area contributed by atoms with Crippen LogP contribution >= 0.6 is 15.9 Å². The molecule has 0 N–H and O–H groups in total. The van der Waals surface area contributed by atoms with E-state index in [1.54, 1.807) is 17.2 Å². The molecule has 20 heavy (non-hydrogen) atoms. The molecule has 0 unspecified atom stereocenters. The van der Waals surface area contributed by atoms with Gasteiger partial charge in [-0.3, -0.25) is 9.59 Å². The molecule has 1 aliphatic rings. The Morgan fingerprint density at radius 2 is 1.95 bits per heavy atom. The number of allylic oxidation sites excluding steroid dienone is 1. The third kappa shape index (κ3) is 3.37. The minimum atomic E-state index is -0.180. The van der Waals surface area contributed by atoms with Crippen molar-refractivity contribution in [1.82, 2.24) is 4.90 Å². The maximum Gasteiger partial charge on any atom is 0.198 e. The number of nitrogens with zero attached hydrogens (tertiary/aromatic N) is 1. The van der Waals surface area contributed by atoms with Gasteiger partial charge in [0, 0.05) is 36.2 Å². The maximum atomic E-state index is 12.7. The second-order valence-corrected chi connectivity index (χ2v) is 6.35. The molecule has 0 amide bonds. The number of ketones is 2. The summed E-state index contributed by atoms with van der Waals surface area (Å²) in [5, 5.41) is 0. The fourth-order valence-electron chi connectivity index (χ4n) is 2.08. The summed E-state index contributed by atoms with van der Waals surface area (Å²) in [6.07, 6.45) is 3.44. The molecule has 2 rings (SSSR count). The van der Waals surface area contributed by atoms with Gasteiger partial charge in [-0.1, -0.05) is 15.9 Å². The Morgan fingerprint density at radius 3 is 2.45 bits per heavy atom. The van der Waals surface area contributed by atoms with Crippen molar-refractivity contribution in [1.29, 1.82) is 0 Å². The third-order valence-electron chi connectivity index (χ3n) is 3.28. The van der Waals surface area contributed by atoms with Gasteiger partial charge in [0.2, 0.25) is 0 Å². The van der Waals surface area contributed by atoms with Crippen LogP contribution in [0.2, 0.25) is 0 Å². The molecule has 0 radical (unpaired) electrons. The van der Waals surface area contributed by atoms with Crippen LogP contribution in [0.25, 0.3) is 0 Å². The van der Waals surface area contributed by atoms with Gasteiger partial charge in [0.05, 0.1) is 5.57 Å². The molecule has 0 aliphatic heterocycles. The van der Waals surface area contributed by atoms with Crippen LogP contribution in [0.15, 0.2) is 34.4 Å². The highest BCUT2D eigenvalue weighted by Crippen LogP contribution is 2.33. The number of benzene rings is 1. The van der Waals surface area contributed by atoms with E-state index >= 15 is 0 Å². The standard InChI is InChI=1S/C16H18BrNO2/c1-10-8-12(17)6-7-13(10)16(20)14(9-18(2)3)15(19)11-4-5-11/h6-9,11H,4-5H2,1-3H3. The first kappa shape index (κ1) is 15.0. The van der Waals surface area contributed by atoms with Gasteiger partial charge in [0.25, 0.3) is 0 Å². The number of Topliss-reactive ketones (excluding diaryl/α,β-unsaturated/α-hetero) is 2. The van der Waals surface area contributed by atoms with Crippen LogP contribution < -0.4 is 0 Å². The lowest BCUT2D eigenvalue weighted by atomic mass is 9.95. The van der Waals surface area contributed by atoms with Gasteiger partial charge >= 0.3 is 0 Å². The lowest BCUT2D eigenvalue weighted by Crippen LogP contribution is -2.19. The number of halogens is 1. The van der Waals surface area contributed by atoms with Crippen molar-refractivity contribution in [3.05, 3.63) is 45.6 Å². The van der Waals surface area contributed by atoms with Gasteiger partial charge in [-0.25, -0.2) is 0 Å². The minimum Gasteiger partial charge on any atom is -0.383 e. The predicted octanol–water partition coefficient (Wildman–Crippen LogP) is 3.36. The Bertz CT molecular complexity index is 586. The monoisotopic (exact) mass is 335 g/mol. The fraction of sp³-hybridized carbons (Fsp3) is 0.375. The van der Waals surface area contributed by atoms with Gasteiger partial charge in [0.15, 0.2) is 11.6 Å². The molecule has 1 fully saturated rings. The molecule has 0 heterocycles. The smallest absolute Gasteiger partial charge is 0.198 e. The molecular formula is C16H18BrNO2. The van der Waals surface area contributed by atoms with E-state index in [4.69, 9.17) is 0 Å². The van der Waals surface area contributed by atoms with Crippen LogP contribution in [0.1, 0.15) is 28.8 Å². The highest BCUT2D eigenvalue weighted by atomic mass is 79.9. The van der Waals surface area contributed by atoms with Crippen molar-refractivity contribution >= 4 is 27.5 Å². The molecule has 0 aromatic heterocycles. The van der Waals surface area contributed by atoms with E-state index in [1.807, 2.05) is 33.2 Å². The molecule has 1 aromatic rings. The molecule has 3 nitrogen and oxygen atoms in total. The zero-order valence-electron chi connectivity index (χ0n) is 11.9. The van der Waals surface area contributed by atoms with Crippen LogP contribution in [-0.2, 0) is 4.79 Å². The van der Waals surface area contributed by atoms with Crippen molar-refractivity contribution in [3.63, 3.8) is 0 Å². The van der Waals surface area contributed by atoms with E-state index in [1.165, 1.54) is 0 Å². The topological polar surface area (TPSA) is 37.4 Å². The molecule has 1 aliphatic carbocycles. The Morgan fingerprint density at radius 1 is 1.30 bits per heavy atom. The predicted molar refractivity (Wildman–Crippen MR) is 82.7 cm³/mol. The summed E-state index contributed by atoms with van der Waals surface area (Å²) in [4.78, 5) is 26.7. The van der Waals surface area contributed by atoms with Crippen molar-refractivity contribution in [2.45, 2.75) is 19.8 Å². The first-order valence-electron chi connectivity index (χ1n) is 6.63. The molecule has 0 spiro atoms. The number of rotatable bonds is 5. The van der Waals surface area contributed by atoms with Crippen molar-refractivity contribution in [3.8, 4) is 0 Å². The second-order valence-electron chi connectivity index (χ2n) is 5.43. The van der Waals surface area contributed by atoms with Gasteiger partial charge in [-0.15, -0.1) is 0 Å². The van der Waals surface area contributed by atoms with E-state index in [9.17, 15) is 9.59 Å². The zero-order chi connectivity index (χ0) is 14.9. The van der Waals surface area contributed by atoms with Crippen molar-refractivity contribution in [2.75, 3.05) is 14.1 Å². The van der Waals surface area contributed by atoms with Gasteiger partial charge in [0.1, 0.15) is 0 Å². The minimum absolute atomic E-state index is 0.0222. The van der Waals surface area contributed by atoms with Crippen LogP contribution in [0, 0.1) is 12.8 Å². The maximum absolute atomic E-state index is 12.7. The second kappa shape index (κ2) is 5.92. The zero-order valence-corrected chi connectivity index (χ0v) is 13.5. The molecule has 0 bridgehead atoms. The summed E-state index contributed by atoms with van der Waals surface area (Å²) >= 11 is 3.38. The van der Waals surface area contributed by atoms with E-state index < -0.39 is 0 Å². The molecule has 0 atom stereocenters. The average Bonchev–Trinajstić information content (AvgIpc) is 3.18. The van der Waals surface area contributed by atoms with E-state index in [0.29, 0.717) is 11.1 Å². The number of hydrogen-bond donors (Lipinski definition) is 0. The molecule has 1 saturated carbocycles. The normalized spacial score (nSPS) is 15.1. The first-order valence-corrected chi connectivity index (χ1v) is 7.42. The summed E-state index contributed by atoms with van der Waals surface area (Å²) in [5.41, 5.74) is 1.76. The van der Waals surface area contributed by atoms with E-state index in [-0.39, 0.29) is 17.5 Å². The quantitative estimate of drug-likeness (QED) is 0.358. The van der Waals surface area contributed by atoms with Crippen LogP contribution in [-0.4, -0.2) is 30.6 Å². The fourth-order valence-corrected chi connectivity index (χ4v) is 2.56. The molecular weight excluding hydrogens is 318 g/mol. The van der Waals surface area contributed by atoms with Crippen LogP contribution in [0.3, 0.4) is 0 Å². The number of carbonyl (C=O) groups is 2. The Labute approximate surface area is 127 Å². The first-order chi connectivity index (χ1) is 9.40. The van der Waals surface area contributed by atoms with Gasteiger partial charge in [-0.05, 0) is 43.5 Å². The molecule has 4 heteroatoms. The SMILES string of the molecule is Cc1cc(Br)ccc1C(=O)C(=CN(C)C)C(=O)C1CC1. The average molecular weight is 336 g/mol. The van der Waals surface area contributed by atoms with Gasteiger partial charge in [-0.2, -0.15) is 0 Å². The highest BCUT2D eigenvalue weighted by molar-refractivity contribution is 9.10. The summed E-state index contributed by atoms with van der Waals surface area (Å²) in [6, 6.07) is 5.49. The number of hydrogen-bond acceptors (Lipinski definition) is 3.